The molecule has 1 aliphatic rings. The molecule has 208 valence electrons. The Hall–Kier alpha value is -3.86. The third-order valence-electron chi connectivity index (χ3n) is 6.32. The minimum absolute atomic E-state index is 0.0218. The highest BCUT2D eigenvalue weighted by atomic mass is 32.2. The molecule has 1 saturated heterocycles. The zero-order valence-electron chi connectivity index (χ0n) is 21.9. The molecule has 3 rings (SSSR count). The van der Waals surface area contributed by atoms with Gasteiger partial charge in [-0.05, 0) is 48.1 Å². The number of rotatable bonds is 14. The Morgan fingerprint density at radius 2 is 1.59 bits per heavy atom. The average Bonchev–Trinajstić information content (AvgIpc) is 3.27. The summed E-state index contributed by atoms with van der Waals surface area (Å²) in [6.45, 7) is 0.168. The quantitative estimate of drug-likeness (QED) is 0.257. The van der Waals surface area contributed by atoms with Gasteiger partial charge in [-0.25, -0.2) is 0 Å². The molecule has 1 heterocycles. The molecule has 11 heteroatoms. The molecule has 10 nitrogen and oxygen atoms in total. The van der Waals surface area contributed by atoms with Crippen molar-refractivity contribution in [3.05, 3.63) is 65.7 Å². The fraction of sp³-hybridized carbons (Fsp3) is 0.393. The van der Waals surface area contributed by atoms with Crippen molar-refractivity contribution in [3.63, 3.8) is 0 Å². The number of phenolic OH excluding ortho intramolecular Hbond substituents is 1. The normalized spacial score (nSPS) is 14.5. The Morgan fingerprint density at radius 1 is 0.923 bits per heavy atom. The van der Waals surface area contributed by atoms with Crippen molar-refractivity contribution in [2.45, 2.75) is 44.2 Å². The van der Waals surface area contributed by atoms with E-state index in [1.165, 1.54) is 23.9 Å². The van der Waals surface area contributed by atoms with Gasteiger partial charge in [0.15, 0.2) is 0 Å². The van der Waals surface area contributed by atoms with Crippen LogP contribution in [0.3, 0.4) is 0 Å². The molecule has 0 saturated carbocycles. The monoisotopic (exact) mass is 554 g/mol. The van der Waals surface area contributed by atoms with E-state index < -0.39 is 35.7 Å². The van der Waals surface area contributed by atoms with Gasteiger partial charge in [0.25, 0.3) is 0 Å². The first-order valence-corrected chi connectivity index (χ1v) is 14.2. The van der Waals surface area contributed by atoms with E-state index in [0.29, 0.717) is 30.7 Å². The SMILES string of the molecule is CSCC[C@H](NC(=O)[C@H](Cc1ccc(O)cc1)N1C(=O)CCC1=O)C(=O)NCC(=O)NCCc1ccccc1. The maximum atomic E-state index is 13.4. The van der Waals surface area contributed by atoms with E-state index in [4.69, 9.17) is 0 Å². The highest BCUT2D eigenvalue weighted by Gasteiger charge is 2.39. The maximum Gasteiger partial charge on any atom is 0.244 e. The Labute approximate surface area is 231 Å². The minimum atomic E-state index is -1.15. The lowest BCUT2D eigenvalue weighted by Crippen LogP contribution is -2.56. The van der Waals surface area contributed by atoms with Crippen molar-refractivity contribution in [1.29, 1.82) is 0 Å². The van der Waals surface area contributed by atoms with Crippen LogP contribution in [0, 0.1) is 0 Å². The van der Waals surface area contributed by atoms with Crippen molar-refractivity contribution >= 4 is 41.3 Å². The second-order valence-corrected chi connectivity index (χ2v) is 10.2. The van der Waals surface area contributed by atoms with Crippen molar-refractivity contribution in [2.75, 3.05) is 25.1 Å². The van der Waals surface area contributed by atoms with Crippen LogP contribution in [0.25, 0.3) is 0 Å². The number of imide groups is 1. The highest BCUT2D eigenvalue weighted by molar-refractivity contribution is 7.98. The molecule has 39 heavy (non-hydrogen) atoms. The lowest BCUT2D eigenvalue weighted by molar-refractivity contribution is -0.147. The number of amides is 5. The molecule has 1 fully saturated rings. The molecule has 0 aliphatic carbocycles. The number of phenols is 1. The maximum absolute atomic E-state index is 13.4. The number of carbonyl (C=O) groups is 5. The number of hydrogen-bond acceptors (Lipinski definition) is 7. The van der Waals surface area contributed by atoms with Gasteiger partial charge < -0.3 is 21.1 Å². The fourth-order valence-corrected chi connectivity index (χ4v) is 4.69. The molecule has 0 bridgehead atoms. The molecule has 2 aromatic rings. The van der Waals surface area contributed by atoms with Crippen LogP contribution in [0.1, 0.15) is 30.4 Å². The molecule has 5 amide bonds. The second kappa shape index (κ2) is 14.9. The van der Waals surface area contributed by atoms with Crippen LogP contribution >= 0.6 is 11.8 Å². The van der Waals surface area contributed by atoms with Gasteiger partial charge in [0.1, 0.15) is 17.8 Å². The van der Waals surface area contributed by atoms with Gasteiger partial charge in [0, 0.05) is 25.8 Å². The van der Waals surface area contributed by atoms with Gasteiger partial charge in [0.2, 0.25) is 29.5 Å². The molecule has 0 unspecified atom stereocenters. The molecular weight excluding hydrogens is 520 g/mol. The van der Waals surface area contributed by atoms with Crippen molar-refractivity contribution in [1.82, 2.24) is 20.9 Å². The van der Waals surface area contributed by atoms with Crippen molar-refractivity contribution < 1.29 is 29.1 Å². The zero-order chi connectivity index (χ0) is 28.2. The summed E-state index contributed by atoms with van der Waals surface area (Å²) in [5.74, 6) is -1.81. The van der Waals surface area contributed by atoms with Crippen LogP contribution in [0.5, 0.6) is 5.75 Å². The summed E-state index contributed by atoms with van der Waals surface area (Å²) in [5, 5.41) is 17.6. The smallest absolute Gasteiger partial charge is 0.244 e. The largest absolute Gasteiger partial charge is 0.508 e. The molecule has 2 aromatic carbocycles. The summed E-state index contributed by atoms with van der Waals surface area (Å²) in [5.41, 5.74) is 1.72. The number of thioether (sulfide) groups is 1. The van der Waals surface area contributed by atoms with E-state index in [0.717, 1.165) is 10.5 Å². The number of likely N-dealkylation sites (tertiary alicyclic amines) is 1. The number of benzene rings is 2. The third kappa shape index (κ3) is 9.13. The van der Waals surface area contributed by atoms with Gasteiger partial charge in [-0.1, -0.05) is 42.5 Å². The lowest BCUT2D eigenvalue weighted by Gasteiger charge is -2.28. The molecule has 1 aliphatic heterocycles. The standard InChI is InChI=1S/C28H34N4O6S/c1-39-16-14-22(27(37)30-18-24(34)29-15-13-19-5-3-2-4-6-19)31-28(38)23(32-25(35)11-12-26(32)36)17-20-7-9-21(33)10-8-20/h2-10,22-23,33H,11-18H2,1H3,(H,29,34)(H,30,37)(H,31,38)/t22-,23-/m0/s1. The van der Waals surface area contributed by atoms with Crippen LogP contribution in [0.2, 0.25) is 0 Å². The van der Waals surface area contributed by atoms with E-state index in [-0.39, 0.29) is 37.5 Å². The van der Waals surface area contributed by atoms with Gasteiger partial charge in [-0.15, -0.1) is 0 Å². The summed E-state index contributed by atoms with van der Waals surface area (Å²) in [6.07, 6.45) is 2.89. The van der Waals surface area contributed by atoms with E-state index in [2.05, 4.69) is 16.0 Å². The Kier molecular flexibility index (Phi) is 11.4. The van der Waals surface area contributed by atoms with Crippen LogP contribution in [0.15, 0.2) is 54.6 Å². The molecular formula is C28H34N4O6S. The third-order valence-corrected chi connectivity index (χ3v) is 6.96. The first-order chi connectivity index (χ1) is 18.8. The average molecular weight is 555 g/mol. The van der Waals surface area contributed by atoms with Crippen LogP contribution in [0.4, 0.5) is 0 Å². The summed E-state index contributed by atoms with van der Waals surface area (Å²) in [4.78, 5) is 64.6. The predicted molar refractivity (Wildman–Crippen MR) is 148 cm³/mol. The fourth-order valence-electron chi connectivity index (χ4n) is 4.21. The van der Waals surface area contributed by atoms with Crippen molar-refractivity contribution in [3.8, 4) is 5.75 Å². The highest BCUT2D eigenvalue weighted by Crippen LogP contribution is 2.20. The number of nitrogens with zero attached hydrogens (tertiary/aromatic N) is 1. The second-order valence-electron chi connectivity index (χ2n) is 9.19. The number of nitrogens with one attached hydrogen (secondary N) is 3. The summed E-state index contributed by atoms with van der Waals surface area (Å²) in [6, 6.07) is 13.7. The van der Waals surface area contributed by atoms with Crippen LogP contribution in [-0.2, 0) is 36.8 Å². The van der Waals surface area contributed by atoms with Crippen LogP contribution in [-0.4, -0.2) is 76.7 Å². The summed E-state index contributed by atoms with van der Waals surface area (Å²) >= 11 is 1.49. The minimum Gasteiger partial charge on any atom is -0.508 e. The first-order valence-electron chi connectivity index (χ1n) is 12.8. The summed E-state index contributed by atoms with van der Waals surface area (Å²) < 4.78 is 0. The molecule has 4 N–H and O–H groups in total. The molecule has 0 aromatic heterocycles. The molecule has 0 radical (unpaired) electrons. The molecule has 0 spiro atoms. The Bertz CT molecular complexity index is 1140. The van der Waals surface area contributed by atoms with Gasteiger partial charge >= 0.3 is 0 Å². The van der Waals surface area contributed by atoms with Gasteiger partial charge in [0.05, 0.1) is 6.54 Å². The number of aromatic hydroxyl groups is 1. The predicted octanol–water partition coefficient (Wildman–Crippen LogP) is 1.17. The van der Waals surface area contributed by atoms with Crippen LogP contribution < -0.4 is 16.0 Å². The van der Waals surface area contributed by atoms with E-state index in [1.54, 1.807) is 12.1 Å². The van der Waals surface area contributed by atoms with E-state index in [9.17, 15) is 29.1 Å². The van der Waals surface area contributed by atoms with E-state index >= 15 is 0 Å². The first kappa shape index (κ1) is 29.7. The topological polar surface area (TPSA) is 145 Å². The molecule has 2 atom stereocenters. The van der Waals surface area contributed by atoms with Crippen molar-refractivity contribution in [2.24, 2.45) is 0 Å². The van der Waals surface area contributed by atoms with E-state index in [1.807, 2.05) is 36.6 Å². The number of carbonyl (C=O) groups excluding carboxylic acids is 5. The summed E-state index contributed by atoms with van der Waals surface area (Å²) in [7, 11) is 0. The zero-order valence-corrected chi connectivity index (χ0v) is 22.7. The lowest BCUT2D eigenvalue weighted by atomic mass is 10.0. The van der Waals surface area contributed by atoms with Gasteiger partial charge in [-0.3, -0.25) is 28.9 Å². The Morgan fingerprint density at radius 3 is 2.23 bits per heavy atom. The Balaban J connectivity index is 1.62. The van der Waals surface area contributed by atoms with Gasteiger partial charge in [-0.2, -0.15) is 11.8 Å². The number of hydrogen-bond donors (Lipinski definition) is 4.